The molecule has 0 spiro atoms. The highest BCUT2D eigenvalue weighted by molar-refractivity contribution is 6.04. The zero-order valence-electron chi connectivity index (χ0n) is 22.5. The van der Waals surface area contributed by atoms with E-state index in [4.69, 9.17) is 0 Å². The fourth-order valence-electron chi connectivity index (χ4n) is 5.07. The first-order valence-electron chi connectivity index (χ1n) is 13.4. The predicted molar refractivity (Wildman–Crippen MR) is 159 cm³/mol. The van der Waals surface area contributed by atoms with E-state index in [1.165, 1.54) is 16.7 Å². The monoisotopic (exact) mass is 518 g/mol. The topological polar surface area (TPSA) is 73.5 Å². The van der Waals surface area contributed by atoms with Crippen LogP contribution in [0.4, 0.5) is 21.9 Å². The SMILES string of the molecule is Cc1ccc(NC(=O)Nc2ccc(N3CCc4ccccc4C3)c(C(=O)NCCc3ccccc3)c2)c(C)c1. The fraction of sp³-hybridized carbons (Fsp3) is 0.212. The van der Waals surface area contributed by atoms with Gasteiger partial charge in [-0.2, -0.15) is 0 Å². The molecule has 6 nitrogen and oxygen atoms in total. The lowest BCUT2D eigenvalue weighted by molar-refractivity contribution is 0.0954. The molecular weight excluding hydrogens is 484 g/mol. The van der Waals surface area contributed by atoms with E-state index in [-0.39, 0.29) is 11.9 Å². The molecule has 0 aromatic heterocycles. The van der Waals surface area contributed by atoms with Crippen LogP contribution in [0, 0.1) is 13.8 Å². The number of amides is 3. The van der Waals surface area contributed by atoms with Crippen molar-refractivity contribution < 1.29 is 9.59 Å². The lowest BCUT2D eigenvalue weighted by Crippen LogP contribution is -2.33. The molecule has 5 rings (SSSR count). The Morgan fingerprint density at radius 3 is 2.38 bits per heavy atom. The van der Waals surface area contributed by atoms with E-state index < -0.39 is 0 Å². The maximum absolute atomic E-state index is 13.5. The van der Waals surface area contributed by atoms with Crippen molar-refractivity contribution in [3.63, 3.8) is 0 Å². The molecule has 0 fully saturated rings. The van der Waals surface area contributed by atoms with Crippen LogP contribution in [-0.2, 0) is 19.4 Å². The number of carbonyl (C=O) groups excluding carboxylic acids is 2. The highest BCUT2D eigenvalue weighted by Crippen LogP contribution is 2.30. The molecule has 4 aromatic carbocycles. The smallest absolute Gasteiger partial charge is 0.323 e. The molecule has 1 aliphatic rings. The van der Waals surface area contributed by atoms with Crippen molar-refractivity contribution in [2.75, 3.05) is 28.6 Å². The summed E-state index contributed by atoms with van der Waals surface area (Å²) in [4.78, 5) is 28.5. The average Bonchev–Trinajstić information content (AvgIpc) is 2.95. The maximum Gasteiger partial charge on any atom is 0.323 e. The number of hydrogen-bond acceptors (Lipinski definition) is 3. The molecule has 4 aromatic rings. The van der Waals surface area contributed by atoms with Crippen LogP contribution in [0.25, 0.3) is 0 Å². The molecule has 39 heavy (non-hydrogen) atoms. The van der Waals surface area contributed by atoms with E-state index in [1.54, 1.807) is 6.07 Å². The molecule has 0 unspecified atom stereocenters. The number of rotatable bonds is 7. The fourth-order valence-corrected chi connectivity index (χ4v) is 5.07. The van der Waals surface area contributed by atoms with Crippen LogP contribution in [0.2, 0.25) is 0 Å². The van der Waals surface area contributed by atoms with Gasteiger partial charge in [0.25, 0.3) is 5.91 Å². The summed E-state index contributed by atoms with van der Waals surface area (Å²) in [6.45, 7) is 6.06. The minimum absolute atomic E-state index is 0.154. The summed E-state index contributed by atoms with van der Waals surface area (Å²) >= 11 is 0. The Morgan fingerprint density at radius 1 is 0.821 bits per heavy atom. The Hall–Kier alpha value is -4.58. The number of anilines is 3. The Kier molecular flexibility index (Phi) is 7.92. The van der Waals surface area contributed by atoms with E-state index in [2.05, 4.69) is 57.2 Å². The minimum atomic E-state index is -0.350. The first-order chi connectivity index (χ1) is 19.0. The van der Waals surface area contributed by atoms with Crippen LogP contribution in [0.5, 0.6) is 0 Å². The standard InChI is InChI=1S/C33H34N4O2/c1-23-12-14-30(24(2)20-23)36-33(39)35-28-13-15-31(37-19-17-26-10-6-7-11-27(26)22-37)29(21-28)32(38)34-18-16-25-8-4-3-5-9-25/h3-15,20-21H,16-19,22H2,1-2H3,(H,34,38)(H2,35,36,39). The quantitative estimate of drug-likeness (QED) is 0.262. The Labute approximate surface area is 230 Å². The third-order valence-corrected chi connectivity index (χ3v) is 7.14. The summed E-state index contributed by atoms with van der Waals surface area (Å²) < 4.78 is 0. The molecule has 6 heteroatoms. The first kappa shape index (κ1) is 26.0. The summed E-state index contributed by atoms with van der Waals surface area (Å²) in [6, 6.07) is 29.7. The zero-order chi connectivity index (χ0) is 27.2. The molecule has 0 saturated carbocycles. The van der Waals surface area contributed by atoms with Gasteiger partial charge in [-0.15, -0.1) is 0 Å². The second kappa shape index (κ2) is 11.9. The van der Waals surface area contributed by atoms with Gasteiger partial charge in [0.15, 0.2) is 0 Å². The highest BCUT2D eigenvalue weighted by atomic mass is 16.2. The normalized spacial score (nSPS) is 12.4. The van der Waals surface area contributed by atoms with E-state index in [0.717, 1.165) is 48.4 Å². The first-order valence-corrected chi connectivity index (χ1v) is 13.4. The van der Waals surface area contributed by atoms with Crippen molar-refractivity contribution in [2.24, 2.45) is 0 Å². The number of benzene rings is 4. The van der Waals surface area contributed by atoms with Gasteiger partial charge in [0.1, 0.15) is 0 Å². The van der Waals surface area contributed by atoms with Crippen LogP contribution >= 0.6 is 0 Å². The lowest BCUT2D eigenvalue weighted by Gasteiger charge is -2.32. The second-order valence-electron chi connectivity index (χ2n) is 10.1. The molecular formula is C33H34N4O2. The van der Waals surface area contributed by atoms with Crippen LogP contribution in [-0.4, -0.2) is 25.0 Å². The lowest BCUT2D eigenvalue weighted by atomic mass is 9.98. The average molecular weight is 519 g/mol. The van der Waals surface area contributed by atoms with Gasteiger partial charge in [-0.25, -0.2) is 4.79 Å². The largest absolute Gasteiger partial charge is 0.366 e. The third kappa shape index (κ3) is 6.47. The van der Waals surface area contributed by atoms with E-state index in [1.807, 2.05) is 62.4 Å². The number of fused-ring (bicyclic) bond motifs is 1. The molecule has 3 amide bonds. The Balaban J connectivity index is 1.35. The summed E-state index contributed by atoms with van der Waals surface area (Å²) in [5.74, 6) is -0.154. The molecule has 0 radical (unpaired) electrons. The molecule has 198 valence electrons. The molecule has 1 aliphatic heterocycles. The molecule has 0 atom stereocenters. The van der Waals surface area contributed by atoms with Crippen LogP contribution in [0.15, 0.2) is 91.0 Å². The zero-order valence-corrected chi connectivity index (χ0v) is 22.5. The van der Waals surface area contributed by atoms with E-state index in [0.29, 0.717) is 17.8 Å². The molecule has 3 N–H and O–H groups in total. The van der Waals surface area contributed by atoms with Gasteiger partial charge in [-0.1, -0.05) is 72.3 Å². The summed E-state index contributed by atoms with van der Waals surface area (Å²) in [7, 11) is 0. The molecule has 0 bridgehead atoms. The number of carbonyl (C=O) groups is 2. The molecule has 1 heterocycles. The van der Waals surface area contributed by atoms with Crippen LogP contribution in [0.1, 0.15) is 38.2 Å². The van der Waals surface area contributed by atoms with Crippen molar-refractivity contribution in [1.29, 1.82) is 0 Å². The van der Waals surface area contributed by atoms with E-state index in [9.17, 15) is 9.59 Å². The third-order valence-electron chi connectivity index (χ3n) is 7.14. The van der Waals surface area contributed by atoms with Crippen molar-refractivity contribution >= 4 is 29.0 Å². The van der Waals surface area contributed by atoms with Crippen LogP contribution in [0.3, 0.4) is 0 Å². The predicted octanol–water partition coefficient (Wildman–Crippen LogP) is 6.48. The van der Waals surface area contributed by atoms with E-state index >= 15 is 0 Å². The summed E-state index contributed by atoms with van der Waals surface area (Å²) in [5.41, 5.74) is 8.64. The number of nitrogens with one attached hydrogen (secondary N) is 3. The van der Waals surface area contributed by atoms with Crippen molar-refractivity contribution in [2.45, 2.75) is 33.2 Å². The van der Waals surface area contributed by atoms with Crippen molar-refractivity contribution in [3.8, 4) is 0 Å². The van der Waals surface area contributed by atoms with Gasteiger partial charge in [0.05, 0.1) is 5.56 Å². The van der Waals surface area contributed by atoms with Gasteiger partial charge < -0.3 is 20.9 Å². The number of hydrogen-bond donors (Lipinski definition) is 3. The highest BCUT2D eigenvalue weighted by Gasteiger charge is 2.22. The number of nitrogens with zero attached hydrogens (tertiary/aromatic N) is 1. The molecule has 0 saturated heterocycles. The Bertz CT molecular complexity index is 1480. The van der Waals surface area contributed by atoms with Gasteiger partial charge in [-0.05, 0) is 73.2 Å². The van der Waals surface area contributed by atoms with Gasteiger partial charge in [-0.3, -0.25) is 4.79 Å². The van der Waals surface area contributed by atoms with Gasteiger partial charge in [0, 0.05) is 36.7 Å². The molecule has 0 aliphatic carbocycles. The second-order valence-corrected chi connectivity index (χ2v) is 10.1. The Morgan fingerprint density at radius 2 is 1.59 bits per heavy atom. The summed E-state index contributed by atoms with van der Waals surface area (Å²) in [6.07, 6.45) is 1.67. The number of aryl methyl sites for hydroxylation is 2. The van der Waals surface area contributed by atoms with Crippen molar-refractivity contribution in [1.82, 2.24) is 5.32 Å². The maximum atomic E-state index is 13.5. The summed E-state index contributed by atoms with van der Waals surface area (Å²) in [5, 5.41) is 8.91. The van der Waals surface area contributed by atoms with Gasteiger partial charge in [0.2, 0.25) is 0 Å². The number of urea groups is 1. The minimum Gasteiger partial charge on any atom is -0.366 e. The van der Waals surface area contributed by atoms with Crippen LogP contribution < -0.4 is 20.9 Å². The van der Waals surface area contributed by atoms with Crippen molar-refractivity contribution in [3.05, 3.63) is 124 Å². The van der Waals surface area contributed by atoms with Gasteiger partial charge >= 0.3 is 6.03 Å².